The third kappa shape index (κ3) is 3.78. The van der Waals surface area contributed by atoms with E-state index in [1.54, 1.807) is 24.5 Å². The molecule has 0 radical (unpaired) electrons. The molecule has 0 fully saturated rings. The predicted molar refractivity (Wildman–Crippen MR) is 89.4 cm³/mol. The van der Waals surface area contributed by atoms with Crippen molar-refractivity contribution < 1.29 is 14.3 Å². The van der Waals surface area contributed by atoms with Crippen molar-refractivity contribution in [2.45, 2.75) is 13.5 Å². The number of fused-ring (bicyclic) bond motifs is 1. The molecule has 1 aromatic heterocycles. The maximum absolute atomic E-state index is 12.0. The van der Waals surface area contributed by atoms with Crippen LogP contribution < -0.4 is 5.32 Å². The van der Waals surface area contributed by atoms with Crippen molar-refractivity contribution in [2.75, 3.05) is 6.61 Å². The zero-order valence-electron chi connectivity index (χ0n) is 13.2. The summed E-state index contributed by atoms with van der Waals surface area (Å²) in [5.41, 5.74) is 4.03. The van der Waals surface area contributed by atoms with Gasteiger partial charge in [0.15, 0.2) is 6.61 Å². The first-order chi connectivity index (χ1) is 11.6. The van der Waals surface area contributed by atoms with Gasteiger partial charge in [0.05, 0.1) is 22.9 Å². The molecule has 1 heterocycles. The van der Waals surface area contributed by atoms with Crippen LogP contribution in [0.4, 0.5) is 0 Å². The highest BCUT2D eigenvalue weighted by molar-refractivity contribution is 5.94. The molecule has 2 aromatic carbocycles. The lowest BCUT2D eigenvalue weighted by molar-refractivity contribution is -0.124. The molecule has 0 atom stereocenters. The van der Waals surface area contributed by atoms with Gasteiger partial charge in [0.1, 0.15) is 0 Å². The molecule has 2 N–H and O–H groups in total. The number of aryl methyl sites for hydroxylation is 1. The topological polar surface area (TPSA) is 84.1 Å². The first kappa shape index (κ1) is 15.7. The molecule has 122 valence electrons. The predicted octanol–water partition coefficient (Wildman–Crippen LogP) is 2.34. The molecule has 0 bridgehead atoms. The fraction of sp³-hybridized carbons (Fsp3) is 0.167. The number of nitrogens with one attached hydrogen (secondary N) is 2. The van der Waals surface area contributed by atoms with Gasteiger partial charge in [0.2, 0.25) is 0 Å². The number of carbonyl (C=O) groups excluding carboxylic acids is 2. The average Bonchev–Trinajstić information content (AvgIpc) is 3.06. The second kappa shape index (κ2) is 6.95. The van der Waals surface area contributed by atoms with Gasteiger partial charge >= 0.3 is 5.97 Å². The number of ether oxygens (including phenoxy) is 1. The van der Waals surface area contributed by atoms with E-state index in [0.717, 1.165) is 22.2 Å². The molecule has 0 aliphatic carbocycles. The van der Waals surface area contributed by atoms with E-state index in [0.29, 0.717) is 12.1 Å². The molecular formula is C18H17N3O3. The first-order valence-electron chi connectivity index (χ1n) is 7.54. The largest absolute Gasteiger partial charge is 0.452 e. The van der Waals surface area contributed by atoms with Crippen molar-refractivity contribution >= 4 is 22.9 Å². The molecule has 6 nitrogen and oxygen atoms in total. The highest BCUT2D eigenvalue weighted by Crippen LogP contribution is 2.12. The summed E-state index contributed by atoms with van der Waals surface area (Å²) in [4.78, 5) is 30.8. The summed E-state index contributed by atoms with van der Waals surface area (Å²) in [5.74, 6) is -0.886. The Bertz CT molecular complexity index is 869. The summed E-state index contributed by atoms with van der Waals surface area (Å²) < 4.78 is 5.04. The molecule has 24 heavy (non-hydrogen) atoms. The number of aromatic amines is 1. The Kier molecular flexibility index (Phi) is 4.56. The molecular weight excluding hydrogens is 306 g/mol. The molecule has 0 unspecified atom stereocenters. The van der Waals surface area contributed by atoms with E-state index in [1.807, 2.05) is 31.2 Å². The number of hydrogen-bond donors (Lipinski definition) is 2. The number of aromatic nitrogens is 2. The second-order valence-electron chi connectivity index (χ2n) is 5.47. The van der Waals surface area contributed by atoms with Gasteiger partial charge in [-0.15, -0.1) is 0 Å². The number of carbonyl (C=O) groups is 2. The second-order valence-corrected chi connectivity index (χ2v) is 5.47. The fourth-order valence-electron chi connectivity index (χ4n) is 2.23. The molecule has 0 aliphatic rings. The van der Waals surface area contributed by atoms with Gasteiger partial charge in [-0.05, 0) is 30.7 Å². The summed E-state index contributed by atoms with van der Waals surface area (Å²) in [6.45, 7) is 2.09. The van der Waals surface area contributed by atoms with Crippen molar-refractivity contribution in [2.24, 2.45) is 0 Å². The number of H-pyrrole nitrogens is 1. The van der Waals surface area contributed by atoms with E-state index in [-0.39, 0.29) is 12.5 Å². The third-order valence-corrected chi connectivity index (χ3v) is 3.60. The van der Waals surface area contributed by atoms with Crippen molar-refractivity contribution in [3.8, 4) is 0 Å². The van der Waals surface area contributed by atoms with Gasteiger partial charge in [-0.1, -0.05) is 29.8 Å². The molecule has 3 rings (SSSR count). The highest BCUT2D eigenvalue weighted by atomic mass is 16.5. The van der Waals surface area contributed by atoms with Crippen LogP contribution in [0.1, 0.15) is 21.5 Å². The Hall–Kier alpha value is -3.15. The summed E-state index contributed by atoms with van der Waals surface area (Å²) in [5, 5.41) is 2.72. The third-order valence-electron chi connectivity index (χ3n) is 3.60. The number of imidazole rings is 1. The van der Waals surface area contributed by atoms with E-state index in [2.05, 4.69) is 15.3 Å². The minimum atomic E-state index is -0.544. The number of hydrogen-bond acceptors (Lipinski definition) is 4. The van der Waals surface area contributed by atoms with Crippen LogP contribution in [0.15, 0.2) is 48.8 Å². The average molecular weight is 323 g/mol. The van der Waals surface area contributed by atoms with Crippen LogP contribution in [0.3, 0.4) is 0 Å². The number of benzene rings is 2. The Labute approximate surface area is 138 Å². The Morgan fingerprint density at radius 2 is 1.96 bits per heavy atom. The highest BCUT2D eigenvalue weighted by Gasteiger charge is 2.11. The van der Waals surface area contributed by atoms with Crippen molar-refractivity contribution in [1.82, 2.24) is 15.3 Å². The monoisotopic (exact) mass is 323 g/mol. The SMILES string of the molecule is Cc1ccc(CNC(=O)COC(=O)c2ccc3nc[nH]c3c2)cc1. The quantitative estimate of drug-likeness (QED) is 0.706. The fourth-order valence-corrected chi connectivity index (χ4v) is 2.23. The summed E-state index contributed by atoms with van der Waals surface area (Å²) >= 11 is 0. The molecule has 0 aliphatic heterocycles. The Balaban J connectivity index is 1.49. The van der Waals surface area contributed by atoms with Gasteiger partial charge in [0.25, 0.3) is 5.91 Å². The number of esters is 1. The number of amides is 1. The van der Waals surface area contributed by atoms with Crippen LogP contribution >= 0.6 is 0 Å². The number of nitrogens with zero attached hydrogens (tertiary/aromatic N) is 1. The van der Waals surface area contributed by atoms with Crippen LogP contribution in [0, 0.1) is 6.92 Å². The molecule has 6 heteroatoms. The lowest BCUT2D eigenvalue weighted by atomic mass is 10.1. The summed E-state index contributed by atoms with van der Waals surface area (Å²) in [7, 11) is 0. The van der Waals surface area contributed by atoms with E-state index >= 15 is 0 Å². The maximum Gasteiger partial charge on any atom is 0.338 e. The van der Waals surface area contributed by atoms with Crippen LogP contribution in [0.2, 0.25) is 0 Å². The van der Waals surface area contributed by atoms with Gasteiger partial charge in [0, 0.05) is 6.54 Å². The van der Waals surface area contributed by atoms with E-state index in [1.165, 1.54) is 0 Å². The standard InChI is InChI=1S/C18H17N3O3/c1-12-2-4-13(5-3-12)9-19-17(22)10-24-18(23)14-6-7-15-16(8-14)21-11-20-15/h2-8,11H,9-10H2,1H3,(H,19,22)(H,20,21). The van der Waals surface area contributed by atoms with Crippen molar-refractivity contribution in [3.63, 3.8) is 0 Å². The van der Waals surface area contributed by atoms with Gasteiger partial charge in [-0.25, -0.2) is 9.78 Å². The first-order valence-corrected chi connectivity index (χ1v) is 7.54. The molecule has 0 saturated heterocycles. The van der Waals surface area contributed by atoms with E-state index in [4.69, 9.17) is 4.74 Å². The minimum Gasteiger partial charge on any atom is -0.452 e. The van der Waals surface area contributed by atoms with Gasteiger partial charge in [-0.2, -0.15) is 0 Å². The molecule has 0 saturated carbocycles. The Morgan fingerprint density at radius 3 is 2.75 bits per heavy atom. The smallest absolute Gasteiger partial charge is 0.338 e. The van der Waals surface area contributed by atoms with E-state index < -0.39 is 5.97 Å². The van der Waals surface area contributed by atoms with Crippen molar-refractivity contribution in [3.05, 3.63) is 65.5 Å². The lowest BCUT2D eigenvalue weighted by Gasteiger charge is -2.07. The summed E-state index contributed by atoms with van der Waals surface area (Å²) in [6.07, 6.45) is 1.55. The van der Waals surface area contributed by atoms with Crippen molar-refractivity contribution in [1.29, 1.82) is 0 Å². The van der Waals surface area contributed by atoms with Gasteiger partial charge in [-0.3, -0.25) is 4.79 Å². The maximum atomic E-state index is 12.0. The summed E-state index contributed by atoms with van der Waals surface area (Å²) in [6, 6.07) is 12.8. The minimum absolute atomic E-state index is 0.314. The zero-order valence-corrected chi connectivity index (χ0v) is 13.2. The van der Waals surface area contributed by atoms with Crippen LogP contribution in [-0.4, -0.2) is 28.5 Å². The lowest BCUT2D eigenvalue weighted by Crippen LogP contribution is -2.28. The Morgan fingerprint density at radius 1 is 1.17 bits per heavy atom. The van der Waals surface area contributed by atoms with Crippen LogP contribution in [-0.2, 0) is 16.1 Å². The molecule has 0 spiro atoms. The number of rotatable bonds is 5. The zero-order chi connectivity index (χ0) is 16.9. The molecule has 1 amide bonds. The van der Waals surface area contributed by atoms with Gasteiger partial charge < -0.3 is 15.0 Å². The van der Waals surface area contributed by atoms with Crippen LogP contribution in [0.5, 0.6) is 0 Å². The molecule has 3 aromatic rings. The van der Waals surface area contributed by atoms with Crippen LogP contribution in [0.25, 0.3) is 11.0 Å². The normalized spacial score (nSPS) is 10.5. The van der Waals surface area contributed by atoms with E-state index in [9.17, 15) is 9.59 Å².